The molecule has 0 saturated heterocycles. The highest BCUT2D eigenvalue weighted by Crippen LogP contribution is 2.27. The van der Waals surface area contributed by atoms with E-state index in [9.17, 15) is 9.90 Å². The molecule has 1 unspecified atom stereocenters. The van der Waals surface area contributed by atoms with Crippen molar-refractivity contribution in [2.75, 3.05) is 18.6 Å². The maximum atomic E-state index is 11.2. The second kappa shape index (κ2) is 10.3. The first-order chi connectivity index (χ1) is 11.1. The molecule has 0 heterocycles. The second-order valence-electron chi connectivity index (χ2n) is 5.96. The summed E-state index contributed by atoms with van der Waals surface area (Å²) in [7, 11) is 1.43. The first-order valence-electron chi connectivity index (χ1n) is 8.61. The predicted molar refractivity (Wildman–Crippen MR) is 94.7 cm³/mol. The molecule has 1 atom stereocenters. The minimum atomic E-state index is -0.133. The molecular formula is C19H31NO3. The molecule has 0 aromatic heterocycles. The fourth-order valence-electron chi connectivity index (χ4n) is 3.08. The van der Waals surface area contributed by atoms with Crippen LogP contribution >= 0.6 is 0 Å². The van der Waals surface area contributed by atoms with Crippen LogP contribution in [0.1, 0.15) is 57.1 Å². The largest absolute Gasteiger partial charge is 0.469 e. The molecule has 0 saturated carbocycles. The molecule has 0 aliphatic rings. The van der Waals surface area contributed by atoms with Gasteiger partial charge in [-0.3, -0.25) is 4.79 Å². The average molecular weight is 321 g/mol. The normalized spacial score (nSPS) is 12.0. The van der Waals surface area contributed by atoms with E-state index in [-0.39, 0.29) is 12.6 Å². The quantitative estimate of drug-likeness (QED) is 0.526. The molecule has 0 bridgehead atoms. The fourth-order valence-corrected chi connectivity index (χ4v) is 3.08. The van der Waals surface area contributed by atoms with Crippen molar-refractivity contribution in [1.29, 1.82) is 0 Å². The Hall–Kier alpha value is -1.55. The van der Waals surface area contributed by atoms with E-state index in [1.165, 1.54) is 12.7 Å². The van der Waals surface area contributed by atoms with Crippen molar-refractivity contribution in [2.45, 2.75) is 65.5 Å². The number of nitrogens with zero attached hydrogens (tertiary/aromatic N) is 1. The zero-order valence-electron chi connectivity index (χ0n) is 15.0. The lowest BCUT2D eigenvalue weighted by Gasteiger charge is -2.34. The van der Waals surface area contributed by atoms with Crippen molar-refractivity contribution in [3.63, 3.8) is 0 Å². The highest BCUT2D eigenvalue weighted by molar-refractivity contribution is 5.69. The van der Waals surface area contributed by atoms with E-state index in [0.717, 1.165) is 43.5 Å². The zero-order valence-corrected chi connectivity index (χ0v) is 15.0. The van der Waals surface area contributed by atoms with Crippen molar-refractivity contribution in [2.24, 2.45) is 0 Å². The van der Waals surface area contributed by atoms with Crippen molar-refractivity contribution < 1.29 is 14.6 Å². The van der Waals surface area contributed by atoms with Gasteiger partial charge in [0.1, 0.15) is 0 Å². The third kappa shape index (κ3) is 5.87. The molecular weight excluding hydrogens is 290 g/mol. The lowest BCUT2D eigenvalue weighted by Crippen LogP contribution is -2.35. The standard InChI is InChI=1S/C19H31NO3/c1-5-17(9-7-8-10-19(22)23-4)20(6-2)18-12-11-15(3)13-16(18)14-21/h11-13,17,21H,5-10,14H2,1-4H3. The van der Waals surface area contributed by atoms with Gasteiger partial charge in [-0.15, -0.1) is 0 Å². The molecule has 4 nitrogen and oxygen atoms in total. The van der Waals surface area contributed by atoms with Gasteiger partial charge in [-0.2, -0.15) is 0 Å². The topological polar surface area (TPSA) is 49.8 Å². The highest BCUT2D eigenvalue weighted by Gasteiger charge is 2.18. The van der Waals surface area contributed by atoms with Gasteiger partial charge < -0.3 is 14.7 Å². The number of unbranched alkanes of at least 4 members (excludes halogenated alkanes) is 1. The maximum absolute atomic E-state index is 11.2. The van der Waals surface area contributed by atoms with Crippen molar-refractivity contribution in [3.05, 3.63) is 29.3 Å². The molecule has 4 heteroatoms. The smallest absolute Gasteiger partial charge is 0.305 e. The summed E-state index contributed by atoms with van der Waals surface area (Å²) in [4.78, 5) is 13.6. The summed E-state index contributed by atoms with van der Waals surface area (Å²) in [6, 6.07) is 6.69. The molecule has 0 aliphatic heterocycles. The number of ether oxygens (including phenoxy) is 1. The van der Waals surface area contributed by atoms with Gasteiger partial charge in [-0.1, -0.05) is 31.0 Å². The van der Waals surface area contributed by atoms with Crippen LogP contribution < -0.4 is 4.90 Å². The number of hydrogen-bond donors (Lipinski definition) is 1. The van der Waals surface area contributed by atoms with E-state index < -0.39 is 0 Å². The molecule has 0 amide bonds. The first kappa shape index (κ1) is 19.5. The zero-order chi connectivity index (χ0) is 17.2. The summed E-state index contributed by atoms with van der Waals surface area (Å²) >= 11 is 0. The van der Waals surface area contributed by atoms with Crippen LogP contribution in [0.25, 0.3) is 0 Å². The van der Waals surface area contributed by atoms with Crippen molar-refractivity contribution in [1.82, 2.24) is 0 Å². The third-order valence-electron chi connectivity index (χ3n) is 4.36. The summed E-state index contributed by atoms with van der Waals surface area (Å²) in [5.41, 5.74) is 3.28. The highest BCUT2D eigenvalue weighted by atomic mass is 16.5. The molecule has 1 aromatic rings. The maximum Gasteiger partial charge on any atom is 0.305 e. The summed E-state index contributed by atoms with van der Waals surface area (Å²) in [5, 5.41) is 9.67. The van der Waals surface area contributed by atoms with Gasteiger partial charge >= 0.3 is 5.97 Å². The average Bonchev–Trinajstić information content (AvgIpc) is 2.57. The lowest BCUT2D eigenvalue weighted by atomic mass is 10.0. The van der Waals surface area contributed by atoms with Crippen LogP contribution in [0.3, 0.4) is 0 Å². The number of aryl methyl sites for hydroxylation is 1. The Kier molecular flexibility index (Phi) is 8.70. The number of rotatable bonds is 10. The van der Waals surface area contributed by atoms with Crippen LogP contribution in [0.15, 0.2) is 18.2 Å². The van der Waals surface area contributed by atoms with Gasteiger partial charge in [0.15, 0.2) is 0 Å². The number of benzene rings is 1. The molecule has 0 spiro atoms. The Morgan fingerprint density at radius 2 is 2.04 bits per heavy atom. The SMILES string of the molecule is CCC(CCCCC(=O)OC)N(CC)c1ccc(C)cc1CO. The van der Waals surface area contributed by atoms with Crippen LogP contribution in [0.4, 0.5) is 5.69 Å². The lowest BCUT2D eigenvalue weighted by molar-refractivity contribution is -0.140. The molecule has 1 rings (SSSR count). The Balaban J connectivity index is 2.75. The van der Waals surface area contributed by atoms with Gasteiger partial charge in [0.2, 0.25) is 0 Å². The monoisotopic (exact) mass is 321 g/mol. The Bertz CT molecular complexity index is 488. The number of aliphatic hydroxyl groups is 1. The second-order valence-corrected chi connectivity index (χ2v) is 5.96. The van der Waals surface area contributed by atoms with Crippen LogP contribution in [-0.4, -0.2) is 30.8 Å². The van der Waals surface area contributed by atoms with Gasteiger partial charge in [0, 0.05) is 30.3 Å². The molecule has 23 heavy (non-hydrogen) atoms. The van der Waals surface area contributed by atoms with E-state index in [0.29, 0.717) is 12.5 Å². The summed E-state index contributed by atoms with van der Waals surface area (Å²) in [6.07, 6.45) is 4.45. The minimum Gasteiger partial charge on any atom is -0.469 e. The number of esters is 1. The Labute approximate surface area is 140 Å². The van der Waals surface area contributed by atoms with Gasteiger partial charge in [0.25, 0.3) is 0 Å². The number of methoxy groups -OCH3 is 1. The molecule has 1 aromatic carbocycles. The van der Waals surface area contributed by atoms with E-state index >= 15 is 0 Å². The van der Waals surface area contributed by atoms with E-state index in [2.05, 4.69) is 41.7 Å². The van der Waals surface area contributed by atoms with Crippen LogP contribution in [0, 0.1) is 6.92 Å². The predicted octanol–water partition coefficient (Wildman–Crippen LogP) is 3.83. The van der Waals surface area contributed by atoms with Crippen molar-refractivity contribution >= 4 is 11.7 Å². The number of carbonyl (C=O) groups excluding carboxylic acids is 1. The van der Waals surface area contributed by atoms with Crippen LogP contribution in [0.2, 0.25) is 0 Å². The minimum absolute atomic E-state index is 0.0618. The fraction of sp³-hybridized carbons (Fsp3) is 0.632. The number of aliphatic hydroxyl groups excluding tert-OH is 1. The molecule has 0 fully saturated rings. The molecule has 1 N–H and O–H groups in total. The van der Waals surface area contributed by atoms with Gasteiger partial charge in [-0.25, -0.2) is 0 Å². The van der Waals surface area contributed by atoms with Crippen LogP contribution in [0.5, 0.6) is 0 Å². The van der Waals surface area contributed by atoms with Crippen LogP contribution in [-0.2, 0) is 16.1 Å². The number of hydrogen-bond acceptors (Lipinski definition) is 4. The summed E-state index contributed by atoms with van der Waals surface area (Å²) < 4.78 is 4.69. The van der Waals surface area contributed by atoms with Crippen molar-refractivity contribution in [3.8, 4) is 0 Å². The molecule has 0 aliphatic carbocycles. The molecule has 130 valence electrons. The molecule has 0 radical (unpaired) electrons. The summed E-state index contributed by atoms with van der Waals surface area (Å²) in [5.74, 6) is -0.133. The van der Waals surface area contributed by atoms with Gasteiger partial charge in [0.05, 0.1) is 13.7 Å². The third-order valence-corrected chi connectivity index (χ3v) is 4.36. The van der Waals surface area contributed by atoms with E-state index in [4.69, 9.17) is 0 Å². The number of carbonyl (C=O) groups is 1. The van der Waals surface area contributed by atoms with E-state index in [1.54, 1.807) is 0 Å². The first-order valence-corrected chi connectivity index (χ1v) is 8.61. The Morgan fingerprint density at radius 3 is 2.61 bits per heavy atom. The van der Waals surface area contributed by atoms with Gasteiger partial charge in [-0.05, 0) is 39.2 Å². The Morgan fingerprint density at radius 1 is 1.30 bits per heavy atom. The number of anilines is 1. The van der Waals surface area contributed by atoms with E-state index in [1.807, 2.05) is 6.92 Å². The summed E-state index contributed by atoms with van der Waals surface area (Å²) in [6.45, 7) is 7.36.